The molecule has 772 valence electrons. The first-order chi connectivity index (χ1) is 71.1. The highest BCUT2D eigenvalue weighted by Crippen LogP contribution is 2.48. The topological polar surface area (TPSA) is 262 Å². The summed E-state index contributed by atoms with van der Waals surface area (Å²) in [6, 6.07) is 54.1. The summed E-state index contributed by atoms with van der Waals surface area (Å²) in [5.74, 6) is 0.826. The van der Waals surface area contributed by atoms with Crippen molar-refractivity contribution >= 4 is 145 Å². The molecule has 4 aliphatic heterocycles. The van der Waals surface area contributed by atoms with Gasteiger partial charge in [-0.1, -0.05) is 277 Å². The number of amides is 8. The average Bonchev–Trinajstić information content (AvgIpc) is 1.60. The van der Waals surface area contributed by atoms with E-state index in [9.17, 15) is 38.4 Å². The molecule has 4 N–H and O–H groups in total. The van der Waals surface area contributed by atoms with Gasteiger partial charge >= 0.3 is 0 Å². The lowest BCUT2D eigenvalue weighted by molar-refractivity contribution is -0.140. The van der Waals surface area contributed by atoms with E-state index >= 15 is 0 Å². The normalized spacial score (nSPS) is 20.3. The molecule has 146 heavy (non-hydrogen) atoms. The number of halogens is 1. The van der Waals surface area contributed by atoms with Gasteiger partial charge in [-0.2, -0.15) is 0 Å². The number of nitrogens with one attached hydrogen (secondary N) is 4. The summed E-state index contributed by atoms with van der Waals surface area (Å²) < 4.78 is 4.53. The van der Waals surface area contributed by atoms with Crippen molar-refractivity contribution in [2.45, 2.75) is 316 Å². The Balaban J connectivity index is 0.000000133. The first kappa shape index (κ1) is 107. The number of thiazole rings is 4. The lowest BCUT2D eigenvalue weighted by Gasteiger charge is -2.35. The lowest BCUT2D eigenvalue weighted by atomic mass is 9.83. The van der Waals surface area contributed by atoms with Crippen molar-refractivity contribution in [2.75, 3.05) is 26.2 Å². The highest BCUT2D eigenvalue weighted by atomic mass is 35.5. The molecule has 8 fully saturated rings. The van der Waals surface area contributed by atoms with Crippen molar-refractivity contribution in [1.82, 2.24) is 65.8 Å². The molecule has 0 bridgehead atoms. The second kappa shape index (κ2) is 50.5. The zero-order valence-corrected chi connectivity index (χ0v) is 90.8. The molecule has 26 heteroatoms. The first-order valence-corrected chi connectivity index (χ1v) is 58.5. The number of hydrogen-bond acceptors (Lipinski definition) is 17. The highest BCUT2D eigenvalue weighted by molar-refractivity contribution is 7.19. The van der Waals surface area contributed by atoms with Crippen LogP contribution in [0.1, 0.15) is 311 Å². The fourth-order valence-corrected chi connectivity index (χ4v) is 28.0. The number of rotatable bonds is 28. The Morgan fingerprint density at radius 2 is 0.596 bits per heavy atom. The maximum absolute atomic E-state index is 14.1. The third kappa shape index (κ3) is 24.9. The zero-order valence-electron chi connectivity index (χ0n) is 86.7. The lowest BCUT2D eigenvalue weighted by Crippen LogP contribution is -2.53. The van der Waals surface area contributed by atoms with E-state index in [0.29, 0.717) is 11.6 Å². The summed E-state index contributed by atoms with van der Waals surface area (Å²) in [7, 11) is 0. The Hall–Kier alpha value is -10.7. The van der Waals surface area contributed by atoms with Gasteiger partial charge < -0.3 is 40.9 Å². The van der Waals surface area contributed by atoms with Gasteiger partial charge in [-0.25, -0.2) is 19.9 Å². The van der Waals surface area contributed by atoms with Crippen molar-refractivity contribution in [1.29, 1.82) is 0 Å². The molecule has 0 spiro atoms. The second-order valence-electron chi connectivity index (χ2n) is 42.3. The van der Waals surface area contributed by atoms with Crippen LogP contribution in [0.15, 0.2) is 176 Å². The molecule has 4 saturated heterocycles. The summed E-state index contributed by atoms with van der Waals surface area (Å²) >= 11 is 13.3. The molecule has 8 aliphatic rings. The molecule has 7 aromatic carbocycles. The highest BCUT2D eigenvalue weighted by Gasteiger charge is 2.46. The van der Waals surface area contributed by atoms with Crippen LogP contribution in [0, 0.1) is 54.3 Å². The Morgan fingerprint density at radius 3 is 0.911 bits per heavy atom. The molecule has 9 heterocycles. The Bertz CT molecular complexity index is 6290. The molecule has 12 atom stereocenters. The number of hydrogen-bond donors (Lipinski definition) is 4. The van der Waals surface area contributed by atoms with E-state index in [1.807, 2.05) is 124 Å². The second-order valence-corrected chi connectivity index (χ2v) is 47.0. The van der Waals surface area contributed by atoms with Crippen LogP contribution >= 0.6 is 56.9 Å². The van der Waals surface area contributed by atoms with E-state index in [4.69, 9.17) is 31.5 Å². The molecule has 4 aliphatic carbocycles. The molecule has 21 nitrogen and oxygen atoms in total. The van der Waals surface area contributed by atoms with Crippen LogP contribution in [-0.4, -0.2) is 142 Å². The number of benzene rings is 7. The van der Waals surface area contributed by atoms with Crippen LogP contribution < -0.4 is 21.3 Å². The Kier molecular flexibility index (Phi) is 36.9. The molecular weight excluding hydrogens is 1920 g/mol. The maximum Gasteiger partial charge on any atom is 0.246 e. The molecule has 8 amide bonds. The number of pyridine rings is 1. The molecule has 12 aromatic rings. The number of likely N-dealkylation sites (tertiary alicyclic amines) is 4. The maximum atomic E-state index is 14.1. The van der Waals surface area contributed by atoms with Gasteiger partial charge in [-0.05, 0) is 207 Å². The first-order valence-electron chi connectivity index (χ1n) is 54.9. The van der Waals surface area contributed by atoms with E-state index in [0.717, 1.165) is 299 Å². The van der Waals surface area contributed by atoms with Gasteiger partial charge in [0, 0.05) is 101 Å². The van der Waals surface area contributed by atoms with Gasteiger partial charge in [0.15, 0.2) is 0 Å². The molecule has 0 unspecified atom stereocenters. The van der Waals surface area contributed by atoms with Gasteiger partial charge in [0.1, 0.15) is 44.2 Å². The number of nitrogens with zero attached hydrogens (tertiary/aromatic N) is 9. The third-order valence-electron chi connectivity index (χ3n) is 32.6. The minimum absolute atomic E-state index is 0.00160. The van der Waals surface area contributed by atoms with E-state index in [-0.39, 0.29) is 119 Å². The average molecular weight is 2060 g/mol. The third-order valence-corrected chi connectivity index (χ3v) is 37.4. The molecule has 0 radical (unpaired) electrons. The van der Waals surface area contributed by atoms with Crippen molar-refractivity contribution in [2.24, 2.45) is 47.3 Å². The SMILES string of the molecule is CC[C@@H](C)C(=O)N[C@H](C(=O)N1CCC[C@H]1c1nc2c(-c3cccc(C)c3)cccc2s1)C1CCCCC1.CC[C@@H](C)C(=O)N[C@H](C(=O)N1CCC[C@H]1c1nc2c(-c3ccccc3)cccc2s1)C1CCCCC1.CC[C@@H](C)C(=O)N[C@H](C(=O)N1CCC[C@H]1c1nc2c(-c3ccccc3Cl)cccc2s1)C1CCCCC1.CC[C@@H](C)C(=O)N[C@H](C(=O)N1CCC[C@H]1c1nc2c(-c3cccnc3)cccc2s1)C1CCCCC1. The van der Waals surface area contributed by atoms with Crippen LogP contribution in [0.3, 0.4) is 0 Å². The van der Waals surface area contributed by atoms with Crippen LogP contribution in [0.5, 0.6) is 0 Å². The predicted molar refractivity (Wildman–Crippen MR) is 594 cm³/mol. The Labute approximate surface area is 883 Å². The molecular formula is C120H148ClN13O8S4. The van der Waals surface area contributed by atoms with Crippen molar-refractivity contribution in [3.63, 3.8) is 0 Å². The summed E-state index contributed by atoms with van der Waals surface area (Å²) in [6.45, 7) is 20.9. The molecule has 5 aromatic heterocycles. The van der Waals surface area contributed by atoms with E-state index in [1.54, 1.807) is 51.5 Å². The van der Waals surface area contributed by atoms with Crippen molar-refractivity contribution < 1.29 is 38.4 Å². The smallest absolute Gasteiger partial charge is 0.246 e. The standard InChI is InChI=1S/C31H39N3O2S.C30H36ClN3O2S.C30H37N3O2S.C29H36N4O2S/c1-4-21(3)29(35)32-27(22-12-6-5-7-13-22)31(36)34-18-10-16-25(34)30-33-28-24(15-9-17-26(28)37-30)23-14-8-11-20(2)19-23;1-3-19(2)28(35)32-26(20-11-5-4-6-12-20)30(36)34-18-10-16-24(34)29-33-27-22(14-9-17-25(27)37-29)21-13-7-8-15-23(21)31;1-3-20(2)28(34)31-26(22-14-8-5-9-15-22)30(35)33-19-11-17-24(33)29-32-27-23(16-10-18-25(27)36-29)21-12-6-4-7-13-21;1-3-19(2)27(34)31-25(20-10-5-4-6-11-20)29(35)33-17-9-14-23(33)28-32-26-22(13-7-15-24(26)36-28)21-12-8-16-30-18-21/h8-9,11,14-15,17,19,21-22,25,27H,4-7,10,12-13,16,18H2,1-3H3,(H,32,35);7-9,13-15,17,19-20,24,26H,3-6,10-12,16,18H2,1-2H3,(H,32,35);4,6-7,10,12-13,16,18,20,22,24,26H,3,5,8-9,11,14-15,17,19H2,1-2H3,(H,31,34);7-8,12-13,15-16,18-20,23,25H,3-6,9-11,14,17H2,1-2H3,(H,31,34)/t21-,25+,27+;19-,24+,26+;20-,24+,26+;19-,23+,25+/m1111/s1. The van der Waals surface area contributed by atoms with Crippen LogP contribution in [0.4, 0.5) is 0 Å². The number of para-hydroxylation sites is 4. The fourth-order valence-electron chi connectivity index (χ4n) is 23.2. The summed E-state index contributed by atoms with van der Waals surface area (Å²) in [5, 5.41) is 17.5. The van der Waals surface area contributed by atoms with Crippen LogP contribution in [0.25, 0.3) is 85.4 Å². The van der Waals surface area contributed by atoms with Gasteiger partial charge in [0.05, 0.1) is 65.0 Å². The van der Waals surface area contributed by atoms with Gasteiger partial charge in [-0.15, -0.1) is 45.3 Å². The van der Waals surface area contributed by atoms with Gasteiger partial charge in [-0.3, -0.25) is 43.3 Å². The minimum atomic E-state index is -0.449. The predicted octanol–water partition coefficient (Wildman–Crippen LogP) is 27.3. The van der Waals surface area contributed by atoms with Gasteiger partial charge in [0.2, 0.25) is 47.3 Å². The van der Waals surface area contributed by atoms with Crippen molar-refractivity contribution in [3.8, 4) is 44.5 Å². The number of carbonyl (C=O) groups is 8. The Morgan fingerprint density at radius 1 is 0.315 bits per heavy atom. The molecule has 4 saturated carbocycles. The van der Waals surface area contributed by atoms with E-state index in [2.05, 4.69) is 155 Å². The number of fused-ring (bicyclic) bond motifs is 4. The largest absolute Gasteiger partial charge is 0.344 e. The number of carbonyl (C=O) groups excluding carboxylic acids is 8. The summed E-state index contributed by atoms with van der Waals surface area (Å²) in [4.78, 5) is 141. The van der Waals surface area contributed by atoms with E-state index in [1.165, 1.54) is 36.8 Å². The summed E-state index contributed by atoms with van der Waals surface area (Å²) in [5.41, 5.74) is 13.9. The summed E-state index contributed by atoms with van der Waals surface area (Å²) in [6.07, 6.45) is 36.2. The van der Waals surface area contributed by atoms with Gasteiger partial charge in [0.25, 0.3) is 0 Å². The zero-order chi connectivity index (χ0) is 102. The number of aryl methyl sites for hydroxylation is 1. The van der Waals surface area contributed by atoms with Crippen LogP contribution in [0.2, 0.25) is 5.02 Å². The minimum Gasteiger partial charge on any atom is -0.344 e. The molecule has 20 rings (SSSR count). The monoisotopic (exact) mass is 2060 g/mol. The van der Waals surface area contributed by atoms with Crippen LogP contribution in [-0.2, 0) is 38.4 Å². The fraction of sp³-hybridized carbons (Fsp3) is 0.508. The quantitative estimate of drug-likeness (QED) is 0.0356. The van der Waals surface area contributed by atoms with Crippen molar-refractivity contribution in [3.05, 3.63) is 207 Å². The van der Waals surface area contributed by atoms with E-state index < -0.39 is 24.2 Å². The number of aromatic nitrogens is 5.